The summed E-state index contributed by atoms with van der Waals surface area (Å²) in [5.41, 5.74) is -1.03. The van der Waals surface area contributed by atoms with Crippen LogP contribution in [0.15, 0.2) is 22.7 Å². The van der Waals surface area contributed by atoms with Gasteiger partial charge in [0.05, 0.1) is 11.2 Å². The molecule has 3 nitrogen and oxygen atoms in total. The molecule has 1 unspecified atom stereocenters. The van der Waals surface area contributed by atoms with Crippen molar-refractivity contribution in [3.8, 4) is 0 Å². The van der Waals surface area contributed by atoms with E-state index in [1.54, 1.807) is 13.0 Å². The highest BCUT2D eigenvalue weighted by Gasteiger charge is 2.21. The van der Waals surface area contributed by atoms with Crippen molar-refractivity contribution in [3.05, 3.63) is 34.1 Å². The van der Waals surface area contributed by atoms with E-state index in [9.17, 15) is 14.3 Å². The number of hydrogen-bond donors (Lipinski definition) is 2. The minimum absolute atomic E-state index is 0.0295. The molecule has 0 aliphatic rings. The second-order valence-corrected chi connectivity index (χ2v) is 6.02. The van der Waals surface area contributed by atoms with Crippen molar-refractivity contribution < 1.29 is 14.3 Å². The molecular formula is C12H15BrFNO2S. The third kappa shape index (κ3) is 4.59. The molecule has 2 N–H and O–H groups in total. The molecule has 1 atom stereocenters. The van der Waals surface area contributed by atoms with E-state index in [1.165, 1.54) is 23.9 Å². The predicted molar refractivity (Wildman–Crippen MR) is 75.4 cm³/mol. The van der Waals surface area contributed by atoms with Gasteiger partial charge in [0.1, 0.15) is 5.82 Å². The van der Waals surface area contributed by atoms with Crippen LogP contribution in [0.2, 0.25) is 0 Å². The van der Waals surface area contributed by atoms with E-state index in [0.717, 1.165) is 0 Å². The summed E-state index contributed by atoms with van der Waals surface area (Å²) in [6, 6.07) is 4.23. The van der Waals surface area contributed by atoms with Crippen LogP contribution in [0.3, 0.4) is 0 Å². The fourth-order valence-electron chi connectivity index (χ4n) is 1.40. The molecule has 1 rings (SSSR count). The lowest BCUT2D eigenvalue weighted by Crippen LogP contribution is -2.42. The van der Waals surface area contributed by atoms with Crippen molar-refractivity contribution in [2.75, 3.05) is 18.6 Å². The highest BCUT2D eigenvalue weighted by Crippen LogP contribution is 2.15. The van der Waals surface area contributed by atoms with Crippen LogP contribution in [-0.4, -0.2) is 35.2 Å². The average molecular weight is 336 g/mol. The molecule has 0 bridgehead atoms. The van der Waals surface area contributed by atoms with Crippen molar-refractivity contribution in [2.24, 2.45) is 0 Å². The quantitative estimate of drug-likeness (QED) is 0.868. The first-order valence-electron chi connectivity index (χ1n) is 5.30. The van der Waals surface area contributed by atoms with E-state index < -0.39 is 17.3 Å². The maximum Gasteiger partial charge on any atom is 0.254 e. The lowest BCUT2D eigenvalue weighted by atomic mass is 10.1. The fourth-order valence-corrected chi connectivity index (χ4v) is 2.46. The zero-order valence-electron chi connectivity index (χ0n) is 10.2. The number of halogens is 2. The number of aliphatic hydroxyl groups is 1. The van der Waals surface area contributed by atoms with Gasteiger partial charge in [-0.1, -0.05) is 15.9 Å². The van der Waals surface area contributed by atoms with E-state index in [2.05, 4.69) is 21.2 Å². The van der Waals surface area contributed by atoms with Crippen LogP contribution in [0.1, 0.15) is 17.3 Å². The number of amides is 1. The summed E-state index contributed by atoms with van der Waals surface area (Å²) < 4.78 is 14.1. The van der Waals surface area contributed by atoms with Crippen molar-refractivity contribution >= 4 is 33.6 Å². The Bertz CT molecular complexity index is 440. The Morgan fingerprint density at radius 2 is 2.28 bits per heavy atom. The molecule has 0 spiro atoms. The first-order valence-corrected chi connectivity index (χ1v) is 7.49. The zero-order valence-corrected chi connectivity index (χ0v) is 12.6. The summed E-state index contributed by atoms with van der Waals surface area (Å²) in [5.74, 6) is -0.622. The normalized spacial score (nSPS) is 14.1. The highest BCUT2D eigenvalue weighted by molar-refractivity contribution is 9.10. The summed E-state index contributed by atoms with van der Waals surface area (Å²) in [6.45, 7) is 1.71. The molecule has 0 aliphatic heterocycles. The summed E-state index contributed by atoms with van der Waals surface area (Å²) in [4.78, 5) is 11.7. The Kier molecular flexibility index (Phi) is 5.62. The molecule has 1 amide bonds. The number of benzene rings is 1. The summed E-state index contributed by atoms with van der Waals surface area (Å²) >= 11 is 4.60. The zero-order chi connectivity index (χ0) is 13.8. The van der Waals surface area contributed by atoms with Crippen LogP contribution < -0.4 is 5.32 Å². The predicted octanol–water partition coefficient (Wildman–Crippen LogP) is 2.43. The maximum atomic E-state index is 13.5. The van der Waals surface area contributed by atoms with Crippen LogP contribution >= 0.6 is 27.7 Å². The molecule has 100 valence electrons. The molecule has 1 aromatic carbocycles. The maximum absolute atomic E-state index is 13.5. The van der Waals surface area contributed by atoms with Gasteiger partial charge in [-0.3, -0.25) is 4.79 Å². The van der Waals surface area contributed by atoms with Crippen LogP contribution in [0, 0.1) is 5.82 Å². The summed E-state index contributed by atoms with van der Waals surface area (Å²) in [7, 11) is 0. The largest absolute Gasteiger partial charge is 0.387 e. The van der Waals surface area contributed by atoms with Gasteiger partial charge < -0.3 is 10.4 Å². The molecule has 0 saturated heterocycles. The van der Waals surface area contributed by atoms with E-state index in [0.29, 0.717) is 10.2 Å². The van der Waals surface area contributed by atoms with Gasteiger partial charge in [-0.15, -0.1) is 0 Å². The van der Waals surface area contributed by atoms with E-state index in [-0.39, 0.29) is 12.1 Å². The number of carbonyl (C=O) groups excluding carboxylic acids is 1. The van der Waals surface area contributed by atoms with Gasteiger partial charge in [0.2, 0.25) is 0 Å². The third-order valence-electron chi connectivity index (χ3n) is 2.26. The van der Waals surface area contributed by atoms with Crippen molar-refractivity contribution in [1.29, 1.82) is 0 Å². The van der Waals surface area contributed by atoms with Crippen LogP contribution in [0.25, 0.3) is 0 Å². The molecule has 0 radical (unpaired) electrons. The second-order valence-electron chi connectivity index (χ2n) is 4.24. The number of nitrogens with one attached hydrogen (secondary N) is 1. The molecule has 0 heterocycles. The van der Waals surface area contributed by atoms with Gasteiger partial charge in [0, 0.05) is 16.8 Å². The minimum Gasteiger partial charge on any atom is -0.387 e. The average Bonchev–Trinajstić information content (AvgIpc) is 2.26. The van der Waals surface area contributed by atoms with Crippen molar-refractivity contribution in [2.45, 2.75) is 12.5 Å². The van der Waals surface area contributed by atoms with Gasteiger partial charge in [-0.25, -0.2) is 4.39 Å². The first-order chi connectivity index (χ1) is 8.35. The Morgan fingerprint density at radius 1 is 1.61 bits per heavy atom. The van der Waals surface area contributed by atoms with Crippen molar-refractivity contribution in [1.82, 2.24) is 5.32 Å². The Balaban J connectivity index is 2.66. The topological polar surface area (TPSA) is 49.3 Å². The Morgan fingerprint density at radius 3 is 2.83 bits per heavy atom. The van der Waals surface area contributed by atoms with Crippen LogP contribution in [0.4, 0.5) is 4.39 Å². The second kappa shape index (κ2) is 6.54. The minimum atomic E-state index is -0.999. The van der Waals surface area contributed by atoms with Gasteiger partial charge in [-0.2, -0.15) is 11.8 Å². The van der Waals surface area contributed by atoms with Gasteiger partial charge in [-0.05, 0) is 31.4 Å². The number of thioether (sulfide) groups is 1. The summed E-state index contributed by atoms with van der Waals surface area (Å²) in [5, 5.41) is 12.4. The molecule has 1 aromatic rings. The number of rotatable bonds is 5. The van der Waals surface area contributed by atoms with E-state index in [1.807, 2.05) is 6.26 Å². The molecule has 6 heteroatoms. The smallest absolute Gasteiger partial charge is 0.254 e. The van der Waals surface area contributed by atoms with Gasteiger partial charge in [0.25, 0.3) is 5.91 Å². The molecule has 18 heavy (non-hydrogen) atoms. The molecule has 0 saturated carbocycles. The first kappa shape index (κ1) is 15.5. The van der Waals surface area contributed by atoms with Crippen LogP contribution in [0.5, 0.6) is 0 Å². The number of carbonyl (C=O) groups is 1. The molecule has 0 fully saturated rings. The lowest BCUT2D eigenvalue weighted by molar-refractivity contribution is 0.0722. The van der Waals surface area contributed by atoms with E-state index in [4.69, 9.17) is 0 Å². The Hall–Kier alpha value is -0.590. The lowest BCUT2D eigenvalue weighted by Gasteiger charge is -2.22. The standard InChI is InChI=1S/C12H15BrFNO2S/c1-12(17,7-18-2)6-15-11(16)9-4-3-8(13)5-10(9)14/h3-5,17H,6-7H2,1-2H3,(H,15,16). The highest BCUT2D eigenvalue weighted by atomic mass is 79.9. The SMILES string of the molecule is CSCC(C)(O)CNC(=O)c1ccc(Br)cc1F. The van der Waals surface area contributed by atoms with E-state index >= 15 is 0 Å². The molecular weight excluding hydrogens is 321 g/mol. The molecule has 0 aromatic heterocycles. The van der Waals surface area contributed by atoms with Gasteiger partial charge >= 0.3 is 0 Å². The summed E-state index contributed by atoms with van der Waals surface area (Å²) in [6.07, 6.45) is 1.87. The Labute approximate surface area is 118 Å². The van der Waals surface area contributed by atoms with Crippen molar-refractivity contribution in [3.63, 3.8) is 0 Å². The number of hydrogen-bond acceptors (Lipinski definition) is 3. The fraction of sp³-hybridized carbons (Fsp3) is 0.417. The molecule has 0 aliphatic carbocycles. The van der Waals surface area contributed by atoms with Gasteiger partial charge in [0.15, 0.2) is 0 Å². The third-order valence-corrected chi connectivity index (χ3v) is 3.66. The monoisotopic (exact) mass is 335 g/mol. The van der Waals surface area contributed by atoms with Crippen LogP contribution in [-0.2, 0) is 0 Å².